The van der Waals surface area contributed by atoms with Crippen molar-refractivity contribution >= 4 is 44.4 Å². The monoisotopic (exact) mass is 392 g/mol. The minimum Gasteiger partial charge on any atom is -0.287 e. The fourth-order valence-corrected chi connectivity index (χ4v) is 3.25. The van der Waals surface area contributed by atoms with Crippen molar-refractivity contribution < 1.29 is 9.36 Å². The Kier molecular flexibility index (Phi) is 4.95. The number of carbonyl (C=O) groups is 1. The molecule has 0 aliphatic carbocycles. The summed E-state index contributed by atoms with van der Waals surface area (Å²) in [6.07, 6.45) is 1.97. The highest BCUT2D eigenvalue weighted by atomic mass is 79.9. The maximum Gasteiger partial charge on any atom is 0.228 e. The van der Waals surface area contributed by atoms with Crippen LogP contribution in [-0.2, 0) is 6.54 Å². The molecule has 25 heavy (non-hydrogen) atoms. The minimum atomic E-state index is 0. The number of carbonyl (C=O) groups excluding carboxylic acids is 1. The van der Waals surface area contributed by atoms with Crippen molar-refractivity contribution in [2.24, 2.45) is 0 Å². The first-order chi connectivity index (χ1) is 11.7. The number of pyridine rings is 1. The lowest BCUT2D eigenvalue weighted by molar-refractivity contribution is -0.657. The van der Waals surface area contributed by atoms with Crippen LogP contribution in [0.15, 0.2) is 79.0 Å². The molecule has 0 saturated heterocycles. The molecule has 4 rings (SSSR count). The summed E-state index contributed by atoms with van der Waals surface area (Å²) in [4.78, 5) is 12.9. The average molecular weight is 393 g/mol. The van der Waals surface area contributed by atoms with Gasteiger partial charge in [-0.3, -0.25) is 4.79 Å². The van der Waals surface area contributed by atoms with Crippen molar-refractivity contribution in [1.82, 2.24) is 0 Å². The quantitative estimate of drug-likeness (QED) is 0.353. The maximum atomic E-state index is 12.9. The Labute approximate surface area is 157 Å². The van der Waals surface area contributed by atoms with E-state index in [4.69, 9.17) is 0 Å². The van der Waals surface area contributed by atoms with Gasteiger partial charge < -0.3 is 0 Å². The predicted octanol–water partition coefficient (Wildman–Crippen LogP) is 5.05. The zero-order chi connectivity index (χ0) is 16.5. The molecule has 0 aliphatic rings. The van der Waals surface area contributed by atoms with Crippen LogP contribution < -0.4 is 4.57 Å². The summed E-state index contributed by atoms with van der Waals surface area (Å²) in [7, 11) is 0. The molecule has 3 heteroatoms. The molecule has 0 radical (unpaired) electrons. The summed E-state index contributed by atoms with van der Waals surface area (Å²) in [6, 6.07) is 24.3. The molecule has 0 atom stereocenters. The number of nitrogens with zero attached hydrogens (tertiary/aromatic N) is 1. The SMILES string of the molecule is Br.Cc1ccc2c(ccc[n+]2CC(=O)c2cccc3ccccc23)c1. The van der Waals surface area contributed by atoms with Crippen molar-refractivity contribution in [3.8, 4) is 0 Å². The molecule has 0 fully saturated rings. The first-order valence-corrected chi connectivity index (χ1v) is 8.12. The van der Waals surface area contributed by atoms with Crippen molar-refractivity contribution in [3.05, 3.63) is 90.1 Å². The number of ketones is 1. The Balaban J connectivity index is 0.00000182. The Hall–Kier alpha value is -2.52. The van der Waals surface area contributed by atoms with Crippen molar-refractivity contribution in [2.75, 3.05) is 0 Å². The molecule has 1 heterocycles. The van der Waals surface area contributed by atoms with Crippen LogP contribution in [0.4, 0.5) is 0 Å². The number of fused-ring (bicyclic) bond motifs is 2. The third kappa shape index (κ3) is 3.33. The average Bonchev–Trinajstić information content (AvgIpc) is 2.61. The lowest BCUT2D eigenvalue weighted by Crippen LogP contribution is -2.38. The van der Waals surface area contributed by atoms with Gasteiger partial charge in [0.2, 0.25) is 17.8 Å². The van der Waals surface area contributed by atoms with Gasteiger partial charge in [0.1, 0.15) is 0 Å². The number of Topliss-reactive ketones (excluding diaryl/α,β-unsaturated/α-hetero) is 1. The Morgan fingerprint density at radius 2 is 1.64 bits per heavy atom. The van der Waals surface area contributed by atoms with Gasteiger partial charge in [-0.25, -0.2) is 0 Å². The van der Waals surface area contributed by atoms with Gasteiger partial charge >= 0.3 is 0 Å². The molecule has 0 amide bonds. The van der Waals surface area contributed by atoms with Crippen LogP contribution >= 0.6 is 17.0 Å². The first kappa shape index (κ1) is 17.3. The highest BCUT2D eigenvalue weighted by molar-refractivity contribution is 8.93. The largest absolute Gasteiger partial charge is 0.287 e. The summed E-state index contributed by atoms with van der Waals surface area (Å²) < 4.78 is 2.03. The van der Waals surface area contributed by atoms with Gasteiger partial charge in [-0.15, -0.1) is 17.0 Å². The first-order valence-electron chi connectivity index (χ1n) is 8.12. The van der Waals surface area contributed by atoms with E-state index in [-0.39, 0.29) is 22.8 Å². The second kappa shape index (κ2) is 7.16. The van der Waals surface area contributed by atoms with E-state index in [1.165, 1.54) is 5.56 Å². The fraction of sp³-hybridized carbons (Fsp3) is 0.0909. The van der Waals surface area contributed by atoms with Gasteiger partial charge in [-0.1, -0.05) is 54.1 Å². The van der Waals surface area contributed by atoms with E-state index < -0.39 is 0 Å². The highest BCUT2D eigenvalue weighted by Crippen LogP contribution is 2.19. The van der Waals surface area contributed by atoms with E-state index in [0.29, 0.717) is 6.54 Å². The molecule has 2 nitrogen and oxygen atoms in total. The zero-order valence-corrected chi connectivity index (χ0v) is 15.7. The van der Waals surface area contributed by atoms with E-state index >= 15 is 0 Å². The summed E-state index contributed by atoms with van der Waals surface area (Å²) in [5, 5.41) is 3.27. The molecule has 0 bridgehead atoms. The Morgan fingerprint density at radius 3 is 2.52 bits per heavy atom. The molecule has 3 aromatic carbocycles. The van der Waals surface area contributed by atoms with Crippen LogP contribution in [0.1, 0.15) is 15.9 Å². The van der Waals surface area contributed by atoms with Crippen LogP contribution in [0.25, 0.3) is 21.7 Å². The highest BCUT2D eigenvalue weighted by Gasteiger charge is 2.17. The molecule has 0 aliphatic heterocycles. The zero-order valence-electron chi connectivity index (χ0n) is 14.0. The van der Waals surface area contributed by atoms with E-state index in [2.05, 4.69) is 31.2 Å². The lowest BCUT2D eigenvalue weighted by Gasteiger charge is -2.05. The van der Waals surface area contributed by atoms with E-state index in [9.17, 15) is 4.79 Å². The number of aryl methyl sites for hydroxylation is 1. The summed E-state index contributed by atoms with van der Waals surface area (Å²) >= 11 is 0. The minimum absolute atomic E-state index is 0. The van der Waals surface area contributed by atoms with Gasteiger partial charge in [-0.2, -0.15) is 4.57 Å². The number of hydrogen-bond donors (Lipinski definition) is 0. The molecule has 0 spiro atoms. The molecule has 4 aromatic rings. The second-order valence-corrected chi connectivity index (χ2v) is 6.15. The van der Waals surface area contributed by atoms with Gasteiger partial charge in [0.25, 0.3) is 0 Å². The summed E-state index contributed by atoms with van der Waals surface area (Å²) in [6.45, 7) is 2.42. The standard InChI is InChI=1S/C22H18NO.BrH/c1-16-11-12-21-18(14-16)8-5-13-23(21)15-22(24)20-10-4-7-17-6-2-3-9-19(17)20;/h2-14H,15H2,1H3;1H/q+1;. The number of rotatable bonds is 3. The lowest BCUT2D eigenvalue weighted by atomic mass is 10.0. The molecule has 0 N–H and O–H groups in total. The fourth-order valence-electron chi connectivity index (χ4n) is 3.25. The molecule has 0 saturated carbocycles. The molecule has 124 valence electrons. The summed E-state index contributed by atoms with van der Waals surface area (Å²) in [5.41, 5.74) is 3.09. The van der Waals surface area contributed by atoms with Crippen LogP contribution in [0.2, 0.25) is 0 Å². The van der Waals surface area contributed by atoms with Crippen LogP contribution in [0.3, 0.4) is 0 Å². The second-order valence-electron chi connectivity index (χ2n) is 6.15. The number of hydrogen-bond acceptors (Lipinski definition) is 1. The van der Waals surface area contributed by atoms with Crippen LogP contribution in [-0.4, -0.2) is 5.78 Å². The smallest absolute Gasteiger partial charge is 0.228 e. The van der Waals surface area contributed by atoms with Gasteiger partial charge in [-0.05, 0) is 29.8 Å². The number of aromatic nitrogens is 1. The van der Waals surface area contributed by atoms with Crippen LogP contribution in [0, 0.1) is 6.92 Å². The topological polar surface area (TPSA) is 20.9 Å². The van der Waals surface area contributed by atoms with Gasteiger partial charge in [0, 0.05) is 23.1 Å². The van der Waals surface area contributed by atoms with Crippen molar-refractivity contribution in [2.45, 2.75) is 13.5 Å². The third-order valence-electron chi connectivity index (χ3n) is 4.44. The Bertz CT molecular complexity index is 1070. The molecule has 1 aromatic heterocycles. The number of benzene rings is 3. The molecular weight excluding hydrogens is 374 g/mol. The van der Waals surface area contributed by atoms with E-state index in [0.717, 1.165) is 27.2 Å². The summed E-state index contributed by atoms with van der Waals surface area (Å²) in [5.74, 6) is 0.130. The molecular formula is C22H19BrNO+. The Morgan fingerprint density at radius 1 is 0.880 bits per heavy atom. The van der Waals surface area contributed by atoms with Crippen molar-refractivity contribution in [3.63, 3.8) is 0 Å². The number of halogens is 1. The van der Waals surface area contributed by atoms with E-state index in [1.54, 1.807) is 0 Å². The van der Waals surface area contributed by atoms with E-state index in [1.807, 2.05) is 59.3 Å². The maximum absolute atomic E-state index is 12.9. The van der Waals surface area contributed by atoms with Gasteiger partial charge in [0.05, 0.1) is 0 Å². The van der Waals surface area contributed by atoms with Crippen molar-refractivity contribution in [1.29, 1.82) is 0 Å². The predicted molar refractivity (Wildman–Crippen MR) is 107 cm³/mol. The third-order valence-corrected chi connectivity index (χ3v) is 4.44. The molecule has 0 unspecified atom stereocenters. The normalized spacial score (nSPS) is 10.6. The van der Waals surface area contributed by atoms with Crippen LogP contribution in [0.5, 0.6) is 0 Å². The van der Waals surface area contributed by atoms with Gasteiger partial charge in [0.15, 0.2) is 6.20 Å².